The number of rotatable bonds is 5. The average Bonchev–Trinajstić information content (AvgIpc) is 2.56. The Morgan fingerprint density at radius 3 is 2.52 bits per heavy atom. The minimum absolute atomic E-state index is 0.00478. The molecule has 0 bridgehead atoms. The van der Waals surface area contributed by atoms with E-state index >= 15 is 0 Å². The second-order valence-corrected chi connectivity index (χ2v) is 7.86. The summed E-state index contributed by atoms with van der Waals surface area (Å²) in [6.07, 6.45) is 5.16. The van der Waals surface area contributed by atoms with Gasteiger partial charge < -0.3 is 4.90 Å². The van der Waals surface area contributed by atoms with Crippen LogP contribution in [0, 0.1) is 11.6 Å². The third-order valence-corrected chi connectivity index (χ3v) is 6.34. The topological polar surface area (TPSA) is 37.4 Å². The SMILES string of the molecule is CC(c1ccc(F)c(F)c1)N(C)C(=O)CS(=O)C1CCCCC1. The summed E-state index contributed by atoms with van der Waals surface area (Å²) >= 11 is 0. The normalized spacial score (nSPS) is 18.4. The van der Waals surface area contributed by atoms with Crippen molar-refractivity contribution in [1.29, 1.82) is 0 Å². The highest BCUT2D eigenvalue weighted by Gasteiger charge is 2.25. The molecule has 2 atom stereocenters. The van der Waals surface area contributed by atoms with E-state index in [0.29, 0.717) is 5.56 Å². The number of carbonyl (C=O) groups is 1. The first-order valence-electron chi connectivity index (χ1n) is 7.98. The van der Waals surface area contributed by atoms with Gasteiger partial charge in [0.2, 0.25) is 5.91 Å². The van der Waals surface area contributed by atoms with Crippen molar-refractivity contribution < 1.29 is 17.8 Å². The molecule has 1 aromatic rings. The second-order valence-electron chi connectivity index (χ2n) is 6.14. The van der Waals surface area contributed by atoms with Gasteiger partial charge in [0, 0.05) is 23.1 Å². The van der Waals surface area contributed by atoms with Crippen LogP contribution in [0.15, 0.2) is 18.2 Å². The number of benzene rings is 1. The lowest BCUT2D eigenvalue weighted by atomic mass is 10.0. The third-order valence-electron chi connectivity index (χ3n) is 4.59. The summed E-state index contributed by atoms with van der Waals surface area (Å²) in [7, 11) is 0.440. The zero-order chi connectivity index (χ0) is 17.0. The quantitative estimate of drug-likeness (QED) is 0.820. The fraction of sp³-hybridized carbons (Fsp3) is 0.588. The van der Waals surface area contributed by atoms with Crippen molar-refractivity contribution in [3.63, 3.8) is 0 Å². The highest BCUT2D eigenvalue weighted by Crippen LogP contribution is 2.24. The predicted octanol–water partition coefficient (Wildman–Crippen LogP) is 3.57. The Hall–Kier alpha value is -1.30. The summed E-state index contributed by atoms with van der Waals surface area (Å²) in [4.78, 5) is 13.8. The molecule has 1 aliphatic rings. The first-order chi connectivity index (χ1) is 10.9. The van der Waals surface area contributed by atoms with E-state index in [-0.39, 0.29) is 16.9 Å². The number of nitrogens with zero attached hydrogens (tertiary/aromatic N) is 1. The standard InChI is InChI=1S/C17H23F2NO2S/c1-12(13-8-9-15(18)16(19)10-13)20(2)17(21)11-23(22)14-6-4-3-5-7-14/h8-10,12,14H,3-7,11H2,1-2H3. The zero-order valence-corrected chi connectivity index (χ0v) is 14.4. The minimum Gasteiger partial charge on any atom is -0.338 e. The van der Waals surface area contributed by atoms with Crippen LogP contribution in [0.1, 0.15) is 50.6 Å². The first-order valence-corrected chi connectivity index (χ1v) is 9.36. The van der Waals surface area contributed by atoms with E-state index in [1.807, 2.05) is 0 Å². The van der Waals surface area contributed by atoms with Crippen molar-refractivity contribution in [3.8, 4) is 0 Å². The van der Waals surface area contributed by atoms with Crippen molar-refractivity contribution in [2.24, 2.45) is 0 Å². The van der Waals surface area contributed by atoms with Crippen LogP contribution in [-0.2, 0) is 15.6 Å². The van der Waals surface area contributed by atoms with Crippen molar-refractivity contribution in [1.82, 2.24) is 4.90 Å². The Morgan fingerprint density at radius 1 is 1.26 bits per heavy atom. The molecule has 6 heteroatoms. The summed E-state index contributed by atoms with van der Waals surface area (Å²) in [5, 5.41) is 0.111. The Bertz CT molecular complexity index is 588. The fourth-order valence-electron chi connectivity index (χ4n) is 2.88. The highest BCUT2D eigenvalue weighted by atomic mass is 32.2. The maximum Gasteiger partial charge on any atom is 0.235 e. The van der Waals surface area contributed by atoms with Gasteiger partial charge in [-0.15, -0.1) is 0 Å². The van der Waals surface area contributed by atoms with Crippen LogP contribution in [0.5, 0.6) is 0 Å². The van der Waals surface area contributed by atoms with Gasteiger partial charge in [0.15, 0.2) is 11.6 Å². The van der Waals surface area contributed by atoms with Gasteiger partial charge >= 0.3 is 0 Å². The molecule has 1 aliphatic carbocycles. The third kappa shape index (κ3) is 4.59. The Balaban J connectivity index is 1.97. The van der Waals surface area contributed by atoms with Crippen LogP contribution in [0.3, 0.4) is 0 Å². The lowest BCUT2D eigenvalue weighted by Gasteiger charge is -2.27. The van der Waals surface area contributed by atoms with Gasteiger partial charge in [-0.1, -0.05) is 25.3 Å². The molecule has 0 aromatic heterocycles. The molecule has 128 valence electrons. The van der Waals surface area contributed by atoms with Gasteiger partial charge in [0.05, 0.1) is 6.04 Å². The number of hydrogen-bond donors (Lipinski definition) is 0. The van der Waals surface area contributed by atoms with Crippen LogP contribution in [0.25, 0.3) is 0 Å². The summed E-state index contributed by atoms with van der Waals surface area (Å²) in [6.45, 7) is 1.74. The van der Waals surface area contributed by atoms with Crippen LogP contribution in [-0.4, -0.2) is 33.1 Å². The Kier molecular flexibility index (Phi) is 6.27. The van der Waals surface area contributed by atoms with E-state index in [4.69, 9.17) is 0 Å². The summed E-state index contributed by atoms with van der Waals surface area (Å²) < 4.78 is 38.7. The fourth-order valence-corrected chi connectivity index (χ4v) is 4.42. The van der Waals surface area contributed by atoms with Crippen LogP contribution >= 0.6 is 0 Å². The van der Waals surface area contributed by atoms with Gasteiger partial charge in [0.25, 0.3) is 0 Å². The highest BCUT2D eigenvalue weighted by molar-refractivity contribution is 7.86. The summed E-state index contributed by atoms with van der Waals surface area (Å²) in [5.41, 5.74) is 0.517. The van der Waals surface area contributed by atoms with E-state index in [0.717, 1.165) is 37.8 Å². The molecule has 2 unspecified atom stereocenters. The van der Waals surface area contributed by atoms with Gasteiger partial charge in [-0.3, -0.25) is 9.00 Å². The Labute approximate surface area is 138 Å². The number of hydrogen-bond acceptors (Lipinski definition) is 2. The van der Waals surface area contributed by atoms with Gasteiger partial charge in [0.1, 0.15) is 5.75 Å². The van der Waals surface area contributed by atoms with Gasteiger partial charge in [-0.05, 0) is 37.5 Å². The summed E-state index contributed by atoms with van der Waals surface area (Å²) in [5.74, 6) is -2.07. The largest absolute Gasteiger partial charge is 0.338 e. The van der Waals surface area contributed by atoms with Gasteiger partial charge in [-0.2, -0.15) is 0 Å². The molecule has 0 spiro atoms. The molecule has 0 radical (unpaired) electrons. The van der Waals surface area contributed by atoms with Crippen LogP contribution in [0.2, 0.25) is 0 Å². The average molecular weight is 343 g/mol. The molecule has 3 nitrogen and oxygen atoms in total. The molecule has 23 heavy (non-hydrogen) atoms. The number of halogens is 2. The second kappa shape index (κ2) is 7.99. The molecule has 2 rings (SSSR count). The molecular formula is C17H23F2NO2S. The molecular weight excluding hydrogens is 320 g/mol. The molecule has 0 N–H and O–H groups in total. The van der Waals surface area contributed by atoms with E-state index in [2.05, 4.69) is 0 Å². The van der Waals surface area contributed by atoms with E-state index in [9.17, 15) is 17.8 Å². The zero-order valence-electron chi connectivity index (χ0n) is 13.6. The molecule has 0 heterocycles. The number of carbonyl (C=O) groups excluding carboxylic acids is 1. The maximum absolute atomic E-state index is 13.3. The lowest BCUT2D eigenvalue weighted by molar-refractivity contribution is -0.129. The lowest BCUT2D eigenvalue weighted by Crippen LogP contribution is -2.35. The van der Waals surface area contributed by atoms with Gasteiger partial charge in [-0.25, -0.2) is 8.78 Å². The van der Waals surface area contributed by atoms with Crippen LogP contribution < -0.4 is 0 Å². The predicted molar refractivity (Wildman–Crippen MR) is 87.4 cm³/mol. The molecule has 1 fully saturated rings. The molecule has 0 aliphatic heterocycles. The monoisotopic (exact) mass is 343 g/mol. The van der Waals surface area contributed by atoms with E-state index in [1.54, 1.807) is 14.0 Å². The summed E-state index contributed by atoms with van der Waals surface area (Å²) in [6, 6.07) is 3.22. The van der Waals surface area contributed by atoms with Crippen LogP contribution in [0.4, 0.5) is 8.78 Å². The van der Waals surface area contributed by atoms with E-state index in [1.165, 1.54) is 17.4 Å². The van der Waals surface area contributed by atoms with Crippen molar-refractivity contribution in [2.45, 2.75) is 50.3 Å². The first kappa shape index (κ1) is 18.0. The smallest absolute Gasteiger partial charge is 0.235 e. The maximum atomic E-state index is 13.3. The van der Waals surface area contributed by atoms with Crippen molar-refractivity contribution >= 4 is 16.7 Å². The van der Waals surface area contributed by atoms with E-state index < -0.39 is 28.5 Å². The van der Waals surface area contributed by atoms with Crippen molar-refractivity contribution in [3.05, 3.63) is 35.4 Å². The molecule has 0 saturated heterocycles. The molecule has 1 saturated carbocycles. The Morgan fingerprint density at radius 2 is 1.91 bits per heavy atom. The van der Waals surface area contributed by atoms with Crippen molar-refractivity contribution in [2.75, 3.05) is 12.8 Å². The molecule has 1 aromatic carbocycles. The molecule has 1 amide bonds. The minimum atomic E-state index is -1.16. The number of amides is 1.